The lowest BCUT2D eigenvalue weighted by molar-refractivity contribution is -0.0327. The summed E-state index contributed by atoms with van der Waals surface area (Å²) in [5.41, 5.74) is -4.06. The van der Waals surface area contributed by atoms with Crippen molar-refractivity contribution in [1.29, 1.82) is 0 Å². The molecule has 1 aromatic heterocycles. The lowest BCUT2D eigenvalue weighted by atomic mass is 10.4. The van der Waals surface area contributed by atoms with Crippen molar-refractivity contribution in [3.63, 3.8) is 0 Å². The first kappa shape index (κ1) is 17.1. The second-order valence-electron chi connectivity index (χ2n) is 3.58. The molecule has 2 N–H and O–H groups in total. The quantitative estimate of drug-likeness (QED) is 0.749. The first-order valence-electron chi connectivity index (χ1n) is 5.65. The molecule has 0 saturated carbocycles. The van der Waals surface area contributed by atoms with Crippen molar-refractivity contribution in [1.82, 2.24) is 9.71 Å². The van der Waals surface area contributed by atoms with Gasteiger partial charge in [-0.05, 0) is 30.8 Å². The summed E-state index contributed by atoms with van der Waals surface area (Å²) in [5, 5.41) is 2.61. The molecule has 0 radical (unpaired) electrons. The molecular formula is C10H14F3N3O2S2. The van der Waals surface area contributed by atoms with Crippen LogP contribution in [-0.4, -0.2) is 37.8 Å². The third kappa shape index (κ3) is 5.55. The molecular weight excluding hydrogens is 315 g/mol. The molecule has 0 bridgehead atoms. The fraction of sp³-hybridized carbons (Fsp3) is 0.500. The average molecular weight is 329 g/mol. The maximum atomic E-state index is 11.9. The molecule has 0 aliphatic rings. The number of nitrogens with zero attached hydrogens (tertiary/aromatic N) is 1. The van der Waals surface area contributed by atoms with Crippen molar-refractivity contribution >= 4 is 27.5 Å². The van der Waals surface area contributed by atoms with Gasteiger partial charge in [-0.15, -0.1) is 0 Å². The van der Waals surface area contributed by atoms with Crippen LogP contribution in [0.1, 0.15) is 6.92 Å². The molecule has 1 heterocycles. The van der Waals surface area contributed by atoms with Gasteiger partial charge in [-0.1, -0.05) is 0 Å². The summed E-state index contributed by atoms with van der Waals surface area (Å²) in [4.78, 5) is 3.75. The predicted molar refractivity (Wildman–Crippen MR) is 72.1 cm³/mol. The van der Waals surface area contributed by atoms with Gasteiger partial charge in [0.25, 0.3) is 10.0 Å². The van der Waals surface area contributed by atoms with E-state index in [2.05, 4.69) is 15.0 Å². The smallest absolute Gasteiger partial charge is 0.383 e. The van der Waals surface area contributed by atoms with Gasteiger partial charge in [-0.2, -0.15) is 13.2 Å². The fourth-order valence-electron chi connectivity index (χ4n) is 1.34. The standard InChI is InChI=1S/C10H14F3N3O2S2/c1-2-14-8-4-3-5-15-9(8)20(17,18)16-6-7-19-10(11,12)13/h3-5,14,16H,2,6-7H2,1H3. The molecule has 0 amide bonds. The van der Waals surface area contributed by atoms with Gasteiger partial charge in [-0.25, -0.2) is 18.1 Å². The Morgan fingerprint density at radius 3 is 2.70 bits per heavy atom. The van der Waals surface area contributed by atoms with Crippen LogP contribution in [0.15, 0.2) is 23.4 Å². The summed E-state index contributed by atoms with van der Waals surface area (Å²) >= 11 is -0.279. The van der Waals surface area contributed by atoms with Crippen molar-refractivity contribution < 1.29 is 21.6 Å². The lowest BCUT2D eigenvalue weighted by Crippen LogP contribution is -2.28. The summed E-state index contributed by atoms with van der Waals surface area (Å²) in [6.07, 6.45) is 1.31. The van der Waals surface area contributed by atoms with Crippen molar-refractivity contribution in [2.45, 2.75) is 17.5 Å². The lowest BCUT2D eigenvalue weighted by Gasteiger charge is -2.11. The monoisotopic (exact) mass is 329 g/mol. The van der Waals surface area contributed by atoms with E-state index in [1.54, 1.807) is 13.0 Å². The molecule has 0 atom stereocenters. The highest BCUT2D eigenvalue weighted by Gasteiger charge is 2.28. The second-order valence-corrected chi connectivity index (χ2v) is 6.42. The van der Waals surface area contributed by atoms with Gasteiger partial charge in [-0.3, -0.25) is 0 Å². The highest BCUT2D eigenvalue weighted by molar-refractivity contribution is 8.00. The minimum atomic E-state index is -4.37. The Hall–Kier alpha value is -1.00. The van der Waals surface area contributed by atoms with Crippen LogP contribution in [0.3, 0.4) is 0 Å². The van der Waals surface area contributed by atoms with Crippen LogP contribution in [0.5, 0.6) is 0 Å². The number of anilines is 1. The zero-order chi connectivity index (χ0) is 15.2. The third-order valence-corrected chi connectivity index (χ3v) is 4.21. The minimum absolute atomic E-state index is 0.223. The van der Waals surface area contributed by atoms with Crippen LogP contribution in [0.2, 0.25) is 0 Å². The van der Waals surface area contributed by atoms with E-state index in [1.807, 2.05) is 0 Å². The van der Waals surface area contributed by atoms with Gasteiger partial charge in [0, 0.05) is 25.0 Å². The second kappa shape index (κ2) is 7.14. The zero-order valence-corrected chi connectivity index (χ0v) is 12.2. The van der Waals surface area contributed by atoms with E-state index in [0.717, 1.165) is 0 Å². The van der Waals surface area contributed by atoms with E-state index in [1.165, 1.54) is 12.3 Å². The average Bonchev–Trinajstić information content (AvgIpc) is 2.35. The number of nitrogens with one attached hydrogen (secondary N) is 2. The Morgan fingerprint density at radius 1 is 1.40 bits per heavy atom. The SMILES string of the molecule is CCNc1cccnc1S(=O)(=O)NCCSC(F)(F)F. The Morgan fingerprint density at radius 2 is 2.10 bits per heavy atom. The molecule has 1 rings (SSSR count). The molecule has 114 valence electrons. The van der Waals surface area contributed by atoms with Crippen molar-refractivity contribution in [2.75, 3.05) is 24.2 Å². The number of sulfonamides is 1. The first-order valence-corrected chi connectivity index (χ1v) is 8.12. The van der Waals surface area contributed by atoms with Crippen LogP contribution >= 0.6 is 11.8 Å². The predicted octanol–water partition coefficient (Wildman–Crippen LogP) is 2.04. The Kier molecular flexibility index (Phi) is 6.08. The normalized spacial score (nSPS) is 12.4. The van der Waals surface area contributed by atoms with E-state index < -0.39 is 21.3 Å². The molecule has 1 aromatic rings. The van der Waals surface area contributed by atoms with Gasteiger partial charge in [0.15, 0.2) is 5.03 Å². The van der Waals surface area contributed by atoms with Gasteiger partial charge >= 0.3 is 5.51 Å². The molecule has 0 aliphatic carbocycles. The van der Waals surface area contributed by atoms with Crippen LogP contribution in [0, 0.1) is 0 Å². The summed E-state index contributed by atoms with van der Waals surface area (Å²) in [7, 11) is -3.94. The largest absolute Gasteiger partial charge is 0.441 e. The molecule has 0 unspecified atom stereocenters. The van der Waals surface area contributed by atoms with E-state index >= 15 is 0 Å². The van der Waals surface area contributed by atoms with Crippen LogP contribution < -0.4 is 10.0 Å². The van der Waals surface area contributed by atoms with Crippen LogP contribution in [-0.2, 0) is 10.0 Å². The van der Waals surface area contributed by atoms with Gasteiger partial charge in [0.1, 0.15) is 0 Å². The number of aromatic nitrogens is 1. The van der Waals surface area contributed by atoms with Gasteiger partial charge in [0.2, 0.25) is 0 Å². The molecule has 0 spiro atoms. The summed E-state index contributed by atoms with van der Waals surface area (Å²) in [6, 6.07) is 3.10. The number of pyridine rings is 1. The van der Waals surface area contributed by atoms with E-state index in [-0.39, 0.29) is 23.3 Å². The van der Waals surface area contributed by atoms with Crippen LogP contribution in [0.4, 0.5) is 18.9 Å². The molecule has 5 nitrogen and oxygen atoms in total. The maximum absolute atomic E-state index is 11.9. The number of halogens is 3. The van der Waals surface area contributed by atoms with E-state index in [4.69, 9.17) is 0 Å². The highest BCUT2D eigenvalue weighted by Crippen LogP contribution is 2.29. The number of thioether (sulfide) groups is 1. The molecule has 0 fully saturated rings. The summed E-state index contributed by atoms with van der Waals surface area (Å²) in [6.45, 7) is 1.96. The fourth-order valence-corrected chi connectivity index (χ4v) is 3.04. The van der Waals surface area contributed by atoms with E-state index in [0.29, 0.717) is 12.2 Å². The molecule has 10 heteroatoms. The minimum Gasteiger partial charge on any atom is -0.383 e. The number of rotatable bonds is 7. The maximum Gasteiger partial charge on any atom is 0.441 e. The first-order chi connectivity index (χ1) is 9.26. The summed E-state index contributed by atoms with van der Waals surface area (Å²) in [5.74, 6) is -0.397. The summed E-state index contributed by atoms with van der Waals surface area (Å²) < 4.78 is 61.8. The van der Waals surface area contributed by atoms with Crippen molar-refractivity contribution in [3.8, 4) is 0 Å². The molecule has 0 aliphatic heterocycles. The number of alkyl halides is 3. The molecule has 20 heavy (non-hydrogen) atoms. The van der Waals surface area contributed by atoms with E-state index in [9.17, 15) is 21.6 Å². The highest BCUT2D eigenvalue weighted by atomic mass is 32.2. The zero-order valence-electron chi connectivity index (χ0n) is 10.6. The van der Waals surface area contributed by atoms with Crippen LogP contribution in [0.25, 0.3) is 0 Å². The topological polar surface area (TPSA) is 71.1 Å². The molecule has 0 aromatic carbocycles. The Labute approximate surface area is 119 Å². The van der Waals surface area contributed by atoms with Gasteiger partial charge in [0.05, 0.1) is 5.69 Å². The van der Waals surface area contributed by atoms with Gasteiger partial charge < -0.3 is 5.32 Å². The van der Waals surface area contributed by atoms with Crippen molar-refractivity contribution in [3.05, 3.63) is 18.3 Å². The van der Waals surface area contributed by atoms with Crippen molar-refractivity contribution in [2.24, 2.45) is 0 Å². The molecule has 0 saturated heterocycles. The third-order valence-electron chi connectivity index (χ3n) is 2.05. The Balaban J connectivity index is 2.69. The Bertz CT molecular complexity index is 535. The number of hydrogen-bond acceptors (Lipinski definition) is 5. The number of hydrogen-bond donors (Lipinski definition) is 2.